The van der Waals surface area contributed by atoms with Crippen LogP contribution in [0.5, 0.6) is 0 Å². The van der Waals surface area contributed by atoms with Crippen LogP contribution < -0.4 is 0 Å². The first-order valence-corrected chi connectivity index (χ1v) is 8.80. The fraction of sp³-hybridized carbons (Fsp3) is 0.750. The van der Waals surface area contributed by atoms with Crippen molar-refractivity contribution < 1.29 is 15.0 Å². The molecule has 3 aliphatic carbocycles. The van der Waals surface area contributed by atoms with Gasteiger partial charge in [-0.05, 0) is 36.5 Å². The molecule has 0 amide bonds. The summed E-state index contributed by atoms with van der Waals surface area (Å²) in [6.45, 7) is 12.2. The molecular weight excluding hydrogens is 288 g/mol. The topological polar surface area (TPSA) is 57.5 Å². The van der Waals surface area contributed by atoms with Gasteiger partial charge in [-0.25, -0.2) is 0 Å². The SMILES string of the molecule is C=C[C@@]1(C)C=C2CC[C@H]3C(C)(C)[C@@H](O)C(=O)C[C@]3(C)[C@H]2C[C@H]1O. The molecular formula is C20H30O3. The summed E-state index contributed by atoms with van der Waals surface area (Å²) in [5.41, 5.74) is 0.423. The van der Waals surface area contributed by atoms with Gasteiger partial charge in [-0.15, -0.1) is 6.58 Å². The normalized spacial score (nSPS) is 49.0. The lowest BCUT2D eigenvalue weighted by molar-refractivity contribution is -0.164. The maximum Gasteiger partial charge on any atom is 0.162 e. The molecule has 2 fully saturated rings. The van der Waals surface area contributed by atoms with E-state index in [9.17, 15) is 15.0 Å². The Labute approximate surface area is 139 Å². The molecule has 0 aromatic rings. The van der Waals surface area contributed by atoms with Gasteiger partial charge >= 0.3 is 0 Å². The molecule has 2 N–H and O–H groups in total. The Balaban J connectivity index is 2.05. The van der Waals surface area contributed by atoms with E-state index in [-0.39, 0.29) is 22.5 Å². The van der Waals surface area contributed by atoms with Crippen molar-refractivity contribution in [3.05, 3.63) is 24.3 Å². The first-order chi connectivity index (χ1) is 10.6. The van der Waals surface area contributed by atoms with Gasteiger partial charge in [0.25, 0.3) is 0 Å². The Kier molecular flexibility index (Phi) is 3.70. The van der Waals surface area contributed by atoms with E-state index in [0.29, 0.717) is 18.8 Å². The van der Waals surface area contributed by atoms with E-state index in [4.69, 9.17) is 0 Å². The van der Waals surface area contributed by atoms with Crippen LogP contribution in [-0.2, 0) is 4.79 Å². The molecule has 0 bridgehead atoms. The number of carbonyl (C=O) groups excluding carboxylic acids is 1. The molecule has 0 saturated heterocycles. The van der Waals surface area contributed by atoms with Crippen molar-refractivity contribution in [1.29, 1.82) is 0 Å². The summed E-state index contributed by atoms with van der Waals surface area (Å²) in [7, 11) is 0. The third-order valence-electron chi connectivity index (χ3n) is 7.34. The lowest BCUT2D eigenvalue weighted by Gasteiger charge is -2.60. The van der Waals surface area contributed by atoms with Gasteiger partial charge in [0, 0.05) is 17.3 Å². The van der Waals surface area contributed by atoms with Crippen molar-refractivity contribution in [2.24, 2.45) is 28.1 Å². The minimum atomic E-state index is -0.863. The van der Waals surface area contributed by atoms with Gasteiger partial charge < -0.3 is 10.2 Å². The van der Waals surface area contributed by atoms with E-state index >= 15 is 0 Å². The maximum atomic E-state index is 12.5. The standard InChI is InChI=1S/C20H30O3/c1-6-19(4)10-12-7-8-15-18(2,3)17(23)14(21)11-20(15,5)13(12)9-16(19)22/h6,10,13,15-17,22-23H,1,7-9,11H2,2-5H3/t13-,15-,16+,17-,19-,20+/m0/s1. The first-order valence-electron chi connectivity index (χ1n) is 8.80. The van der Waals surface area contributed by atoms with Crippen LogP contribution in [0.4, 0.5) is 0 Å². The Morgan fingerprint density at radius 3 is 2.52 bits per heavy atom. The molecule has 0 spiro atoms. The summed E-state index contributed by atoms with van der Waals surface area (Å²) in [5, 5.41) is 21.1. The van der Waals surface area contributed by atoms with Crippen molar-refractivity contribution in [3.63, 3.8) is 0 Å². The van der Waals surface area contributed by atoms with E-state index in [1.807, 2.05) is 26.8 Å². The first kappa shape index (κ1) is 16.9. The molecule has 0 aromatic heterocycles. The molecule has 2 saturated carbocycles. The largest absolute Gasteiger partial charge is 0.392 e. The van der Waals surface area contributed by atoms with Gasteiger partial charge in [-0.3, -0.25) is 4.79 Å². The van der Waals surface area contributed by atoms with Crippen molar-refractivity contribution in [2.75, 3.05) is 0 Å². The lowest BCUT2D eigenvalue weighted by atomic mass is 9.44. The molecule has 0 radical (unpaired) electrons. The summed E-state index contributed by atoms with van der Waals surface area (Å²) in [6.07, 6.45) is 5.80. The summed E-state index contributed by atoms with van der Waals surface area (Å²) in [6, 6.07) is 0. The van der Waals surface area contributed by atoms with Gasteiger partial charge in [0.05, 0.1) is 6.10 Å². The number of carbonyl (C=O) groups is 1. The highest BCUT2D eigenvalue weighted by atomic mass is 16.3. The van der Waals surface area contributed by atoms with Crippen LogP contribution in [-0.4, -0.2) is 28.2 Å². The summed E-state index contributed by atoms with van der Waals surface area (Å²) >= 11 is 0. The number of rotatable bonds is 1. The number of aliphatic hydroxyl groups is 2. The molecule has 3 rings (SSSR count). The second-order valence-corrected chi connectivity index (χ2v) is 9.06. The van der Waals surface area contributed by atoms with Crippen LogP contribution in [0.15, 0.2) is 24.3 Å². The fourth-order valence-electron chi connectivity index (χ4n) is 5.79. The number of fused-ring (bicyclic) bond motifs is 3. The number of allylic oxidation sites excluding steroid dienone is 1. The number of aliphatic hydroxyl groups excluding tert-OH is 2. The van der Waals surface area contributed by atoms with E-state index < -0.39 is 17.6 Å². The number of Topliss-reactive ketones (excluding diaryl/α,β-unsaturated/α-hetero) is 1. The monoisotopic (exact) mass is 318 g/mol. The maximum absolute atomic E-state index is 12.5. The highest BCUT2D eigenvalue weighted by Crippen LogP contribution is 2.63. The van der Waals surface area contributed by atoms with Gasteiger partial charge in [-0.1, -0.05) is 45.4 Å². The van der Waals surface area contributed by atoms with Crippen LogP contribution in [0.1, 0.15) is 53.4 Å². The number of hydrogen-bond donors (Lipinski definition) is 2. The molecule has 0 aliphatic heterocycles. The fourth-order valence-corrected chi connectivity index (χ4v) is 5.79. The zero-order chi connectivity index (χ0) is 17.2. The van der Waals surface area contributed by atoms with Crippen molar-refractivity contribution in [2.45, 2.75) is 65.6 Å². The van der Waals surface area contributed by atoms with E-state index in [2.05, 4.69) is 19.6 Å². The molecule has 3 nitrogen and oxygen atoms in total. The molecule has 3 aliphatic rings. The molecule has 23 heavy (non-hydrogen) atoms. The van der Waals surface area contributed by atoms with E-state index in [1.165, 1.54) is 5.57 Å². The zero-order valence-electron chi connectivity index (χ0n) is 14.8. The van der Waals surface area contributed by atoms with Gasteiger partial charge in [0.1, 0.15) is 6.10 Å². The van der Waals surface area contributed by atoms with Crippen molar-refractivity contribution in [3.8, 4) is 0 Å². The smallest absolute Gasteiger partial charge is 0.162 e. The average Bonchev–Trinajstić information content (AvgIpc) is 2.47. The van der Waals surface area contributed by atoms with Crippen molar-refractivity contribution in [1.82, 2.24) is 0 Å². The van der Waals surface area contributed by atoms with Crippen molar-refractivity contribution >= 4 is 5.78 Å². The summed E-state index contributed by atoms with van der Waals surface area (Å²) < 4.78 is 0. The van der Waals surface area contributed by atoms with Crippen LogP contribution in [0.3, 0.4) is 0 Å². The predicted octanol–water partition coefficient (Wildman–Crippen LogP) is 3.26. The average molecular weight is 318 g/mol. The van der Waals surface area contributed by atoms with E-state index in [0.717, 1.165) is 12.8 Å². The van der Waals surface area contributed by atoms with Gasteiger partial charge in [-0.2, -0.15) is 0 Å². The summed E-state index contributed by atoms with van der Waals surface area (Å²) in [5.74, 6) is 0.478. The third kappa shape index (κ3) is 2.20. The molecule has 3 heteroatoms. The Hall–Kier alpha value is -0.930. The molecule has 0 unspecified atom stereocenters. The molecule has 128 valence electrons. The van der Waals surface area contributed by atoms with Gasteiger partial charge in [0.2, 0.25) is 0 Å². The summed E-state index contributed by atoms with van der Waals surface area (Å²) in [4.78, 5) is 12.5. The predicted molar refractivity (Wildman–Crippen MR) is 90.7 cm³/mol. The zero-order valence-corrected chi connectivity index (χ0v) is 14.8. The van der Waals surface area contributed by atoms with Crippen LogP contribution in [0.2, 0.25) is 0 Å². The minimum absolute atomic E-state index is 0.0402. The molecule has 0 heterocycles. The Morgan fingerprint density at radius 2 is 1.91 bits per heavy atom. The minimum Gasteiger partial charge on any atom is -0.392 e. The van der Waals surface area contributed by atoms with Crippen LogP contribution in [0.25, 0.3) is 0 Å². The van der Waals surface area contributed by atoms with Crippen LogP contribution in [0, 0.1) is 28.1 Å². The highest BCUT2D eigenvalue weighted by molar-refractivity contribution is 5.85. The Bertz CT molecular complexity index is 575. The highest BCUT2D eigenvalue weighted by Gasteiger charge is 2.60. The quantitative estimate of drug-likeness (QED) is 0.730. The van der Waals surface area contributed by atoms with E-state index in [1.54, 1.807) is 0 Å². The molecule has 6 atom stereocenters. The number of ketones is 1. The van der Waals surface area contributed by atoms with Crippen LogP contribution >= 0.6 is 0 Å². The third-order valence-corrected chi connectivity index (χ3v) is 7.34. The second-order valence-electron chi connectivity index (χ2n) is 9.06. The lowest BCUT2D eigenvalue weighted by Crippen LogP contribution is -2.59. The number of hydrogen-bond acceptors (Lipinski definition) is 3. The molecule has 0 aromatic carbocycles. The van der Waals surface area contributed by atoms with Gasteiger partial charge in [0.15, 0.2) is 5.78 Å². The second kappa shape index (κ2) is 5.03. The Morgan fingerprint density at radius 1 is 1.26 bits per heavy atom.